The maximum atomic E-state index is 13.4. The van der Waals surface area contributed by atoms with Crippen LogP contribution in [0.15, 0.2) is 54.7 Å². The largest absolute Gasteiger partial charge is 0.438 e. The molecule has 0 bridgehead atoms. The smallest absolute Gasteiger partial charge is 0.250 e. The summed E-state index contributed by atoms with van der Waals surface area (Å²) in [4.78, 5) is 15.3. The molecule has 156 valence electrons. The van der Waals surface area contributed by atoms with Gasteiger partial charge in [-0.25, -0.2) is 13.8 Å². The molecule has 30 heavy (non-hydrogen) atoms. The van der Waals surface area contributed by atoms with Crippen molar-refractivity contribution in [1.82, 2.24) is 10.3 Å². The van der Waals surface area contributed by atoms with E-state index < -0.39 is 11.8 Å². The Hall–Kier alpha value is -3.06. The average molecular weight is 411 g/mol. The first kappa shape index (κ1) is 20.2. The van der Waals surface area contributed by atoms with Crippen molar-refractivity contribution in [3.63, 3.8) is 0 Å². The van der Waals surface area contributed by atoms with Crippen LogP contribution in [0.4, 0.5) is 8.78 Å². The first-order valence-electron chi connectivity index (χ1n) is 9.97. The molecule has 1 saturated carbocycles. The second-order valence-electron chi connectivity index (χ2n) is 7.63. The topological polar surface area (TPSA) is 77.2 Å². The lowest BCUT2D eigenvalue weighted by molar-refractivity contribution is -0.0405. The fourth-order valence-electron chi connectivity index (χ4n) is 3.77. The zero-order chi connectivity index (χ0) is 21.1. The number of carbonyl (C=O) groups is 1. The van der Waals surface area contributed by atoms with Gasteiger partial charge in [0, 0.05) is 43.1 Å². The number of ether oxygens (including phenoxy) is 1. The molecule has 1 fully saturated rings. The van der Waals surface area contributed by atoms with Gasteiger partial charge in [0.15, 0.2) is 0 Å². The molecular formula is C23H23F2N3O2. The average Bonchev–Trinajstić information content (AvgIpc) is 2.74. The number of primary amides is 1. The molecule has 0 radical (unpaired) electrons. The molecule has 1 heterocycles. The molecule has 0 atom stereocenters. The number of hydrogen-bond donors (Lipinski definition) is 2. The van der Waals surface area contributed by atoms with E-state index in [1.54, 1.807) is 12.1 Å². The van der Waals surface area contributed by atoms with Gasteiger partial charge in [-0.3, -0.25) is 4.79 Å². The Labute approximate surface area is 173 Å². The van der Waals surface area contributed by atoms with Crippen molar-refractivity contribution in [2.45, 2.75) is 44.2 Å². The van der Waals surface area contributed by atoms with Crippen LogP contribution >= 0.6 is 0 Å². The number of rotatable bonds is 6. The van der Waals surface area contributed by atoms with Gasteiger partial charge < -0.3 is 15.8 Å². The van der Waals surface area contributed by atoms with E-state index in [4.69, 9.17) is 10.5 Å². The first-order chi connectivity index (χ1) is 14.4. The van der Waals surface area contributed by atoms with Gasteiger partial charge in [-0.1, -0.05) is 30.3 Å². The van der Waals surface area contributed by atoms with Crippen LogP contribution in [0.25, 0.3) is 10.8 Å². The van der Waals surface area contributed by atoms with Crippen LogP contribution < -0.4 is 15.8 Å². The molecule has 0 saturated heterocycles. The summed E-state index contributed by atoms with van der Waals surface area (Å²) >= 11 is 0. The molecule has 2 aromatic carbocycles. The summed E-state index contributed by atoms with van der Waals surface area (Å²) in [5, 5.41) is 5.37. The number of alkyl halides is 2. The van der Waals surface area contributed by atoms with Crippen LogP contribution in [0.3, 0.4) is 0 Å². The fraction of sp³-hybridized carbons (Fsp3) is 0.304. The minimum absolute atomic E-state index is 0.0558. The highest BCUT2D eigenvalue weighted by molar-refractivity contribution is 5.92. The maximum Gasteiger partial charge on any atom is 0.250 e. The van der Waals surface area contributed by atoms with Crippen molar-refractivity contribution in [1.29, 1.82) is 0 Å². The van der Waals surface area contributed by atoms with Gasteiger partial charge in [-0.05, 0) is 35.9 Å². The third-order valence-corrected chi connectivity index (χ3v) is 5.51. The van der Waals surface area contributed by atoms with Crippen LogP contribution in [-0.2, 0) is 6.54 Å². The normalized spacial score (nSPS) is 16.5. The monoisotopic (exact) mass is 411 g/mol. The number of nitrogens with zero attached hydrogens (tertiary/aromatic N) is 1. The van der Waals surface area contributed by atoms with Crippen LogP contribution in [0.2, 0.25) is 0 Å². The number of nitrogens with one attached hydrogen (secondary N) is 1. The predicted octanol–water partition coefficient (Wildman–Crippen LogP) is 4.79. The van der Waals surface area contributed by atoms with E-state index in [-0.39, 0.29) is 18.9 Å². The molecule has 3 N–H and O–H groups in total. The van der Waals surface area contributed by atoms with Gasteiger partial charge in [-0.15, -0.1) is 0 Å². The minimum Gasteiger partial charge on any atom is -0.438 e. The van der Waals surface area contributed by atoms with Gasteiger partial charge in [0.2, 0.25) is 17.7 Å². The Kier molecular flexibility index (Phi) is 5.63. The number of benzene rings is 2. The van der Waals surface area contributed by atoms with E-state index in [1.807, 2.05) is 36.4 Å². The lowest BCUT2D eigenvalue weighted by Crippen LogP contribution is -2.36. The summed E-state index contributed by atoms with van der Waals surface area (Å²) in [6, 6.07) is 15.0. The Morgan fingerprint density at radius 2 is 1.83 bits per heavy atom. The number of halogens is 2. The van der Waals surface area contributed by atoms with Crippen LogP contribution in [0, 0.1) is 0 Å². The summed E-state index contributed by atoms with van der Waals surface area (Å²) in [5.41, 5.74) is 6.63. The molecular weight excluding hydrogens is 388 g/mol. The second-order valence-corrected chi connectivity index (χ2v) is 7.63. The highest BCUT2D eigenvalue weighted by Crippen LogP contribution is 2.34. The van der Waals surface area contributed by atoms with E-state index in [2.05, 4.69) is 10.3 Å². The number of fused-ring (bicyclic) bond motifs is 1. The van der Waals surface area contributed by atoms with E-state index in [0.29, 0.717) is 36.6 Å². The fourth-order valence-corrected chi connectivity index (χ4v) is 3.77. The zero-order valence-electron chi connectivity index (χ0n) is 16.4. The Morgan fingerprint density at radius 3 is 2.50 bits per heavy atom. The van der Waals surface area contributed by atoms with Crippen LogP contribution in [-0.4, -0.2) is 22.9 Å². The number of carbonyl (C=O) groups excluding carboxylic acids is 1. The van der Waals surface area contributed by atoms with E-state index >= 15 is 0 Å². The lowest BCUT2D eigenvalue weighted by Gasteiger charge is -2.29. The molecule has 1 aliphatic carbocycles. The predicted molar refractivity (Wildman–Crippen MR) is 111 cm³/mol. The summed E-state index contributed by atoms with van der Waals surface area (Å²) in [6.45, 7) is 0.600. The minimum atomic E-state index is -2.52. The van der Waals surface area contributed by atoms with Crippen molar-refractivity contribution in [3.05, 3.63) is 65.9 Å². The van der Waals surface area contributed by atoms with Crippen molar-refractivity contribution >= 4 is 16.7 Å². The number of nitrogens with two attached hydrogens (primary N) is 1. The number of hydrogen-bond acceptors (Lipinski definition) is 4. The highest BCUT2D eigenvalue weighted by atomic mass is 19.3. The van der Waals surface area contributed by atoms with Crippen molar-refractivity contribution in [2.75, 3.05) is 0 Å². The third-order valence-electron chi connectivity index (χ3n) is 5.51. The van der Waals surface area contributed by atoms with E-state index in [0.717, 1.165) is 16.3 Å². The summed E-state index contributed by atoms with van der Waals surface area (Å²) in [6.07, 6.45) is 2.24. The number of amides is 1. The van der Waals surface area contributed by atoms with E-state index in [1.165, 1.54) is 6.20 Å². The molecule has 4 rings (SSSR count). The number of pyridine rings is 1. The molecule has 7 heteroatoms. The Morgan fingerprint density at radius 1 is 1.10 bits per heavy atom. The van der Waals surface area contributed by atoms with E-state index in [9.17, 15) is 13.6 Å². The molecule has 0 aliphatic heterocycles. The standard InChI is InChI=1S/C23H23F2N3O2/c24-23(25)11-9-17(10-12-23)27-13-15-5-7-20(19-4-2-1-3-18(15)19)30-21-8-6-16(14-28-21)22(26)29/h1-8,14,17,27H,9-13H2,(H2,26,29). The number of aromatic nitrogens is 1. The highest BCUT2D eigenvalue weighted by Gasteiger charge is 2.34. The molecule has 3 aromatic rings. The van der Waals surface area contributed by atoms with Gasteiger partial charge >= 0.3 is 0 Å². The first-order valence-corrected chi connectivity index (χ1v) is 9.97. The Balaban J connectivity index is 1.51. The Bertz CT molecular complexity index is 1040. The van der Waals surface area contributed by atoms with Crippen molar-refractivity contribution in [2.24, 2.45) is 5.73 Å². The van der Waals surface area contributed by atoms with Gasteiger partial charge in [0.1, 0.15) is 5.75 Å². The van der Waals surface area contributed by atoms with Crippen molar-refractivity contribution in [3.8, 4) is 11.6 Å². The quantitative estimate of drug-likeness (QED) is 0.611. The SMILES string of the molecule is NC(=O)c1ccc(Oc2ccc(CNC3CCC(F)(F)CC3)c3ccccc23)nc1. The zero-order valence-corrected chi connectivity index (χ0v) is 16.4. The van der Waals surface area contributed by atoms with Gasteiger partial charge in [0.25, 0.3) is 0 Å². The molecule has 0 unspecified atom stereocenters. The van der Waals surface area contributed by atoms with Gasteiger partial charge in [0.05, 0.1) is 5.56 Å². The molecule has 1 amide bonds. The molecule has 5 nitrogen and oxygen atoms in total. The summed E-state index contributed by atoms with van der Waals surface area (Å²) < 4.78 is 32.7. The summed E-state index contributed by atoms with van der Waals surface area (Å²) in [5.74, 6) is -2.06. The van der Waals surface area contributed by atoms with Crippen LogP contribution in [0.1, 0.15) is 41.6 Å². The van der Waals surface area contributed by atoms with Crippen molar-refractivity contribution < 1.29 is 18.3 Å². The summed E-state index contributed by atoms with van der Waals surface area (Å²) in [7, 11) is 0. The molecule has 0 spiro atoms. The van der Waals surface area contributed by atoms with Crippen LogP contribution in [0.5, 0.6) is 11.6 Å². The van der Waals surface area contributed by atoms with Gasteiger partial charge in [-0.2, -0.15) is 0 Å². The molecule has 1 aliphatic rings. The third kappa shape index (κ3) is 4.57. The molecule has 1 aromatic heterocycles. The second kappa shape index (κ2) is 8.36. The lowest BCUT2D eigenvalue weighted by atomic mass is 9.92. The maximum absolute atomic E-state index is 13.4.